The monoisotopic (exact) mass is 256 g/mol. The molecule has 0 amide bonds. The number of benzene rings is 1. The molecule has 0 aliphatic carbocycles. The number of rotatable bonds is 3. The van der Waals surface area contributed by atoms with Crippen molar-refractivity contribution >= 4 is 9.84 Å². The number of aliphatic hydroxyl groups is 1. The number of ether oxygens (including phenoxy) is 1. The van der Waals surface area contributed by atoms with Crippen LogP contribution in [0.4, 0.5) is 0 Å². The fraction of sp³-hybridized carbons (Fsp3) is 0.500. The summed E-state index contributed by atoms with van der Waals surface area (Å²) in [5, 5.41) is 9.35. The van der Waals surface area contributed by atoms with E-state index < -0.39 is 15.9 Å². The third-order valence-corrected chi connectivity index (χ3v) is 4.59. The molecule has 1 saturated heterocycles. The molecular weight excluding hydrogens is 240 g/mol. The molecule has 0 bridgehead atoms. The van der Waals surface area contributed by atoms with Crippen LogP contribution in [-0.4, -0.2) is 31.1 Å². The zero-order valence-corrected chi connectivity index (χ0v) is 10.5. The van der Waals surface area contributed by atoms with Crippen molar-refractivity contribution in [3.63, 3.8) is 0 Å². The smallest absolute Gasteiger partial charge is 0.154 e. The Morgan fingerprint density at radius 3 is 2.47 bits per heavy atom. The zero-order chi connectivity index (χ0) is 12.5. The fourth-order valence-corrected chi connectivity index (χ4v) is 3.46. The molecule has 0 saturated carbocycles. The average molecular weight is 256 g/mol. The van der Waals surface area contributed by atoms with Crippen molar-refractivity contribution in [2.75, 3.05) is 11.5 Å². The number of hydrogen-bond donors (Lipinski definition) is 1. The van der Waals surface area contributed by atoms with Gasteiger partial charge in [-0.05, 0) is 31.0 Å². The van der Waals surface area contributed by atoms with E-state index in [-0.39, 0.29) is 17.6 Å². The highest BCUT2D eigenvalue weighted by Gasteiger charge is 2.29. The Labute approximate surface area is 101 Å². The van der Waals surface area contributed by atoms with Crippen molar-refractivity contribution in [1.29, 1.82) is 0 Å². The molecule has 2 rings (SSSR count). The van der Waals surface area contributed by atoms with Crippen LogP contribution < -0.4 is 4.74 Å². The van der Waals surface area contributed by atoms with Crippen LogP contribution in [-0.2, 0) is 9.84 Å². The summed E-state index contributed by atoms with van der Waals surface area (Å²) in [6.07, 6.45) is -0.186. The minimum absolute atomic E-state index is 0.102. The lowest BCUT2D eigenvalue weighted by atomic mass is 10.1. The molecule has 1 aliphatic rings. The van der Waals surface area contributed by atoms with Crippen molar-refractivity contribution < 1.29 is 18.3 Å². The van der Waals surface area contributed by atoms with Gasteiger partial charge >= 0.3 is 0 Å². The first-order chi connectivity index (χ1) is 7.96. The van der Waals surface area contributed by atoms with Gasteiger partial charge in [0.15, 0.2) is 9.84 Å². The Morgan fingerprint density at radius 1 is 1.35 bits per heavy atom. The predicted molar refractivity (Wildman–Crippen MR) is 64.8 cm³/mol. The van der Waals surface area contributed by atoms with E-state index in [0.29, 0.717) is 12.2 Å². The van der Waals surface area contributed by atoms with Crippen LogP contribution in [0.5, 0.6) is 5.75 Å². The third kappa shape index (κ3) is 3.20. The van der Waals surface area contributed by atoms with Gasteiger partial charge in [0.2, 0.25) is 0 Å². The normalized spacial score (nSPS) is 24.5. The maximum Gasteiger partial charge on any atom is 0.154 e. The van der Waals surface area contributed by atoms with Gasteiger partial charge in [0.25, 0.3) is 0 Å². The van der Waals surface area contributed by atoms with E-state index in [4.69, 9.17) is 4.74 Å². The molecule has 0 spiro atoms. The van der Waals surface area contributed by atoms with Gasteiger partial charge in [-0.25, -0.2) is 8.42 Å². The highest BCUT2D eigenvalue weighted by molar-refractivity contribution is 7.91. The number of hydrogen-bond acceptors (Lipinski definition) is 4. The maximum absolute atomic E-state index is 11.3. The molecule has 2 unspecified atom stereocenters. The van der Waals surface area contributed by atoms with Gasteiger partial charge in [-0.1, -0.05) is 12.1 Å². The van der Waals surface area contributed by atoms with Crippen molar-refractivity contribution in [1.82, 2.24) is 0 Å². The molecule has 1 aromatic rings. The van der Waals surface area contributed by atoms with Gasteiger partial charge in [0.05, 0.1) is 17.6 Å². The predicted octanol–water partition coefficient (Wildman–Crippen LogP) is 1.31. The Balaban J connectivity index is 2.00. The molecular formula is C12H16O4S. The Hall–Kier alpha value is -1.07. The average Bonchev–Trinajstić information content (AvgIpc) is 2.59. The third-order valence-electron chi connectivity index (χ3n) is 2.86. The van der Waals surface area contributed by atoms with E-state index in [1.54, 1.807) is 31.2 Å². The molecule has 1 N–H and O–H groups in total. The molecule has 0 aromatic heterocycles. The summed E-state index contributed by atoms with van der Waals surface area (Å²) in [6.45, 7) is 1.69. The van der Waals surface area contributed by atoms with Crippen molar-refractivity contribution in [2.24, 2.45) is 0 Å². The Bertz CT molecular complexity index is 476. The SMILES string of the molecule is CC(O)c1ccc(OC2CCS(=O)(=O)C2)cc1. The van der Waals surface area contributed by atoms with Gasteiger partial charge in [0.1, 0.15) is 11.9 Å². The summed E-state index contributed by atoms with van der Waals surface area (Å²) in [6, 6.07) is 7.08. The van der Waals surface area contributed by atoms with E-state index in [1.165, 1.54) is 0 Å². The van der Waals surface area contributed by atoms with Gasteiger partial charge in [-0.2, -0.15) is 0 Å². The topological polar surface area (TPSA) is 63.6 Å². The summed E-state index contributed by atoms with van der Waals surface area (Å²) >= 11 is 0. The first kappa shape index (κ1) is 12.4. The van der Waals surface area contributed by atoms with Crippen LogP contribution >= 0.6 is 0 Å². The first-order valence-corrected chi connectivity index (χ1v) is 7.43. The molecule has 4 nitrogen and oxygen atoms in total. The second-order valence-corrected chi connectivity index (χ2v) is 6.62. The van der Waals surface area contributed by atoms with Crippen LogP contribution in [0.15, 0.2) is 24.3 Å². The van der Waals surface area contributed by atoms with E-state index in [2.05, 4.69) is 0 Å². The van der Waals surface area contributed by atoms with Crippen molar-refractivity contribution in [3.05, 3.63) is 29.8 Å². The van der Waals surface area contributed by atoms with E-state index in [9.17, 15) is 13.5 Å². The van der Waals surface area contributed by atoms with Crippen LogP contribution in [0.3, 0.4) is 0 Å². The second-order valence-electron chi connectivity index (χ2n) is 4.39. The molecule has 17 heavy (non-hydrogen) atoms. The van der Waals surface area contributed by atoms with Gasteiger partial charge in [-0.15, -0.1) is 0 Å². The Kier molecular flexibility index (Phi) is 3.40. The van der Waals surface area contributed by atoms with Gasteiger partial charge in [-0.3, -0.25) is 0 Å². The summed E-state index contributed by atoms with van der Waals surface area (Å²) in [4.78, 5) is 0. The quantitative estimate of drug-likeness (QED) is 0.885. The standard InChI is InChI=1S/C12H16O4S/c1-9(13)10-2-4-11(5-3-10)16-12-6-7-17(14,15)8-12/h2-5,9,12-13H,6-8H2,1H3. The molecule has 94 valence electrons. The van der Waals surface area contributed by atoms with Crippen molar-refractivity contribution in [2.45, 2.75) is 25.6 Å². The summed E-state index contributed by atoms with van der Waals surface area (Å²) in [5.74, 6) is 0.964. The van der Waals surface area contributed by atoms with Crippen LogP contribution in [0.25, 0.3) is 0 Å². The first-order valence-electron chi connectivity index (χ1n) is 5.61. The highest BCUT2D eigenvalue weighted by Crippen LogP contribution is 2.22. The van der Waals surface area contributed by atoms with E-state index in [1.807, 2.05) is 0 Å². The molecule has 2 atom stereocenters. The lowest BCUT2D eigenvalue weighted by Crippen LogP contribution is -2.17. The second kappa shape index (κ2) is 4.66. The summed E-state index contributed by atoms with van der Waals surface area (Å²) < 4.78 is 28.1. The molecule has 1 fully saturated rings. The minimum Gasteiger partial charge on any atom is -0.489 e. The van der Waals surface area contributed by atoms with Crippen molar-refractivity contribution in [3.8, 4) is 5.75 Å². The van der Waals surface area contributed by atoms with E-state index >= 15 is 0 Å². The van der Waals surface area contributed by atoms with Gasteiger partial charge < -0.3 is 9.84 Å². The minimum atomic E-state index is -2.90. The molecule has 1 heterocycles. The van der Waals surface area contributed by atoms with Crippen LogP contribution in [0.2, 0.25) is 0 Å². The zero-order valence-electron chi connectivity index (χ0n) is 9.67. The van der Waals surface area contributed by atoms with Gasteiger partial charge in [0, 0.05) is 0 Å². The molecule has 5 heteroatoms. The maximum atomic E-state index is 11.3. The summed E-state index contributed by atoms with van der Waals surface area (Å²) in [5.41, 5.74) is 0.816. The highest BCUT2D eigenvalue weighted by atomic mass is 32.2. The van der Waals surface area contributed by atoms with Crippen LogP contribution in [0.1, 0.15) is 25.0 Å². The molecule has 1 aromatic carbocycles. The molecule has 1 aliphatic heterocycles. The Morgan fingerprint density at radius 2 is 2.00 bits per heavy atom. The lowest BCUT2D eigenvalue weighted by Gasteiger charge is -2.12. The largest absolute Gasteiger partial charge is 0.489 e. The van der Waals surface area contributed by atoms with E-state index in [0.717, 1.165) is 5.56 Å². The lowest BCUT2D eigenvalue weighted by molar-refractivity contribution is 0.198. The van der Waals surface area contributed by atoms with Crippen LogP contribution in [0, 0.1) is 0 Å². The molecule has 0 radical (unpaired) electrons. The summed E-state index contributed by atoms with van der Waals surface area (Å²) in [7, 11) is -2.90. The number of sulfone groups is 1. The fourth-order valence-electron chi connectivity index (χ4n) is 1.87. The number of aliphatic hydroxyl groups excluding tert-OH is 1.